The van der Waals surface area contributed by atoms with Gasteiger partial charge in [-0.1, -0.05) is 26.8 Å². The summed E-state index contributed by atoms with van der Waals surface area (Å²) >= 11 is 0. The second-order valence-corrected chi connectivity index (χ2v) is 7.08. The summed E-state index contributed by atoms with van der Waals surface area (Å²) in [4.78, 5) is 0.239. The Morgan fingerprint density at radius 2 is 2.24 bits per heavy atom. The summed E-state index contributed by atoms with van der Waals surface area (Å²) in [5.41, 5.74) is 0. The van der Waals surface area contributed by atoms with E-state index in [0.29, 0.717) is 25.7 Å². The molecule has 0 radical (unpaired) electrons. The van der Waals surface area contributed by atoms with E-state index in [1.54, 1.807) is 17.0 Å². The minimum atomic E-state index is -3.47. The molecule has 1 heterocycles. The Bertz CT molecular complexity index is 537. The lowest BCUT2D eigenvalue weighted by Crippen LogP contribution is -2.30. The fraction of sp³-hybridized carbons (Fsp3) is 0.643. The average Bonchev–Trinajstić information content (AvgIpc) is 2.90. The molecule has 1 aromatic rings. The molecule has 0 aromatic carbocycles. The van der Waals surface area contributed by atoms with Crippen LogP contribution < -0.4 is 5.32 Å². The van der Waals surface area contributed by atoms with Crippen molar-refractivity contribution in [2.45, 2.75) is 44.7 Å². The predicted octanol–water partition coefficient (Wildman–Crippen LogP) is 1.47. The molecule has 0 saturated heterocycles. The average molecular weight is 314 g/mol. The third-order valence-electron chi connectivity index (χ3n) is 3.05. The van der Waals surface area contributed by atoms with E-state index in [4.69, 9.17) is 0 Å². The van der Waals surface area contributed by atoms with Crippen LogP contribution in [0.25, 0.3) is 0 Å². The van der Waals surface area contributed by atoms with Crippen molar-refractivity contribution in [2.24, 2.45) is 0 Å². The molecule has 0 unspecified atom stereocenters. The summed E-state index contributed by atoms with van der Waals surface area (Å²) in [5, 5.41) is 7.45. The molecule has 120 valence electrons. The minimum absolute atomic E-state index is 0.239. The van der Waals surface area contributed by atoms with Crippen molar-refractivity contribution in [1.82, 2.24) is 19.4 Å². The van der Waals surface area contributed by atoms with Gasteiger partial charge in [-0.15, -0.1) is 6.58 Å². The standard InChI is InChI=1S/C14H26N4O2S/c1-5-9-18(6-2)21(19,20)14-11-16-17(12-14)10-7-8-15-13(3)4/h5,11-13,15H,1,6-10H2,2-4H3. The highest BCUT2D eigenvalue weighted by molar-refractivity contribution is 7.89. The van der Waals surface area contributed by atoms with Gasteiger partial charge in [0.2, 0.25) is 10.0 Å². The van der Waals surface area contributed by atoms with Gasteiger partial charge < -0.3 is 5.32 Å². The van der Waals surface area contributed by atoms with E-state index in [9.17, 15) is 8.42 Å². The summed E-state index contributed by atoms with van der Waals surface area (Å²) in [6.45, 7) is 11.9. The SMILES string of the molecule is C=CCN(CC)S(=O)(=O)c1cnn(CCCNC(C)C)c1. The molecule has 1 rings (SSSR count). The zero-order valence-corrected chi connectivity index (χ0v) is 13.9. The van der Waals surface area contributed by atoms with Crippen LogP contribution in [0.5, 0.6) is 0 Å². The van der Waals surface area contributed by atoms with E-state index in [1.165, 1.54) is 10.5 Å². The first-order valence-electron chi connectivity index (χ1n) is 7.28. The minimum Gasteiger partial charge on any atom is -0.314 e. The Kier molecular flexibility index (Phi) is 7.07. The number of nitrogens with zero attached hydrogens (tertiary/aromatic N) is 3. The quantitative estimate of drug-likeness (QED) is 0.524. The number of aryl methyl sites for hydroxylation is 1. The van der Waals surface area contributed by atoms with Crippen molar-refractivity contribution < 1.29 is 8.42 Å². The van der Waals surface area contributed by atoms with E-state index >= 15 is 0 Å². The van der Waals surface area contributed by atoms with Crippen LogP contribution in [-0.4, -0.2) is 48.2 Å². The Balaban J connectivity index is 2.67. The van der Waals surface area contributed by atoms with Gasteiger partial charge in [0.05, 0.1) is 6.20 Å². The summed E-state index contributed by atoms with van der Waals surface area (Å²) < 4.78 is 27.9. The Morgan fingerprint density at radius 3 is 2.81 bits per heavy atom. The monoisotopic (exact) mass is 314 g/mol. The first-order chi connectivity index (χ1) is 9.91. The number of hydrogen-bond acceptors (Lipinski definition) is 4. The molecule has 0 bridgehead atoms. The molecule has 6 nitrogen and oxygen atoms in total. The van der Waals surface area contributed by atoms with E-state index in [2.05, 4.69) is 30.8 Å². The van der Waals surface area contributed by atoms with Crippen LogP contribution in [-0.2, 0) is 16.6 Å². The van der Waals surface area contributed by atoms with Gasteiger partial charge in [0.15, 0.2) is 0 Å². The summed E-state index contributed by atoms with van der Waals surface area (Å²) in [6.07, 6.45) is 5.50. The van der Waals surface area contributed by atoms with Crippen LogP contribution in [0.4, 0.5) is 0 Å². The van der Waals surface area contributed by atoms with Crippen molar-refractivity contribution in [1.29, 1.82) is 0 Å². The molecule has 0 aliphatic carbocycles. The van der Waals surface area contributed by atoms with Crippen molar-refractivity contribution in [3.63, 3.8) is 0 Å². The van der Waals surface area contributed by atoms with Crippen molar-refractivity contribution in [2.75, 3.05) is 19.6 Å². The fourth-order valence-corrected chi connectivity index (χ4v) is 3.30. The second-order valence-electron chi connectivity index (χ2n) is 5.15. The molecule has 0 spiro atoms. The molecule has 7 heteroatoms. The molecule has 0 fully saturated rings. The van der Waals surface area contributed by atoms with Crippen LogP contribution in [0, 0.1) is 0 Å². The highest BCUT2D eigenvalue weighted by atomic mass is 32.2. The first kappa shape index (κ1) is 17.9. The van der Waals surface area contributed by atoms with Gasteiger partial charge in [0, 0.05) is 31.9 Å². The predicted molar refractivity (Wildman–Crippen MR) is 84.6 cm³/mol. The van der Waals surface area contributed by atoms with Gasteiger partial charge >= 0.3 is 0 Å². The zero-order valence-electron chi connectivity index (χ0n) is 13.1. The molecule has 0 aliphatic heterocycles. The third-order valence-corrected chi connectivity index (χ3v) is 4.94. The molecular formula is C14H26N4O2S. The first-order valence-corrected chi connectivity index (χ1v) is 8.72. The van der Waals surface area contributed by atoms with Gasteiger partial charge in [-0.2, -0.15) is 9.40 Å². The summed E-state index contributed by atoms with van der Waals surface area (Å²) in [7, 11) is -3.47. The lowest BCUT2D eigenvalue weighted by molar-refractivity contribution is 0.459. The maximum Gasteiger partial charge on any atom is 0.246 e. The number of sulfonamides is 1. The number of hydrogen-bond donors (Lipinski definition) is 1. The third kappa shape index (κ3) is 5.26. The van der Waals surface area contributed by atoms with Crippen molar-refractivity contribution in [3.8, 4) is 0 Å². The van der Waals surface area contributed by atoms with Gasteiger partial charge in [-0.05, 0) is 13.0 Å². The maximum atomic E-state index is 12.4. The molecule has 0 atom stereocenters. The Labute approximate surface area is 127 Å². The molecular weight excluding hydrogens is 288 g/mol. The highest BCUT2D eigenvalue weighted by Gasteiger charge is 2.23. The zero-order chi connectivity index (χ0) is 15.9. The summed E-state index contributed by atoms with van der Waals surface area (Å²) in [6, 6.07) is 0.454. The fourth-order valence-electron chi connectivity index (χ4n) is 1.92. The molecule has 21 heavy (non-hydrogen) atoms. The van der Waals surface area contributed by atoms with E-state index in [-0.39, 0.29) is 4.90 Å². The maximum absolute atomic E-state index is 12.4. The van der Waals surface area contributed by atoms with Crippen molar-refractivity contribution in [3.05, 3.63) is 25.0 Å². The van der Waals surface area contributed by atoms with E-state index < -0.39 is 10.0 Å². The second kappa shape index (κ2) is 8.31. The smallest absolute Gasteiger partial charge is 0.246 e. The lowest BCUT2D eigenvalue weighted by Gasteiger charge is -2.17. The lowest BCUT2D eigenvalue weighted by atomic mass is 10.3. The molecule has 0 saturated carbocycles. The Morgan fingerprint density at radius 1 is 1.52 bits per heavy atom. The number of nitrogens with one attached hydrogen (secondary N) is 1. The largest absolute Gasteiger partial charge is 0.314 e. The Hall–Kier alpha value is -1.18. The molecule has 1 N–H and O–H groups in total. The van der Waals surface area contributed by atoms with Crippen LogP contribution in [0.1, 0.15) is 27.2 Å². The van der Waals surface area contributed by atoms with E-state index in [1.807, 2.05) is 6.92 Å². The normalized spacial score (nSPS) is 12.2. The van der Waals surface area contributed by atoms with Crippen LogP contribution >= 0.6 is 0 Å². The molecule has 0 aliphatic rings. The number of rotatable bonds is 10. The highest BCUT2D eigenvalue weighted by Crippen LogP contribution is 2.14. The van der Waals surface area contributed by atoms with Crippen LogP contribution in [0.15, 0.2) is 29.9 Å². The van der Waals surface area contributed by atoms with Gasteiger partial charge in [0.25, 0.3) is 0 Å². The van der Waals surface area contributed by atoms with Crippen molar-refractivity contribution >= 4 is 10.0 Å². The van der Waals surface area contributed by atoms with Gasteiger partial charge in [0.1, 0.15) is 4.90 Å². The topological polar surface area (TPSA) is 67.2 Å². The number of aromatic nitrogens is 2. The van der Waals surface area contributed by atoms with Gasteiger partial charge in [-0.25, -0.2) is 8.42 Å². The molecule has 1 aromatic heterocycles. The molecule has 0 amide bonds. The van der Waals surface area contributed by atoms with Gasteiger partial charge in [-0.3, -0.25) is 4.68 Å². The van der Waals surface area contributed by atoms with Crippen LogP contribution in [0.2, 0.25) is 0 Å². The summed E-state index contributed by atoms with van der Waals surface area (Å²) in [5.74, 6) is 0. The van der Waals surface area contributed by atoms with E-state index in [0.717, 1.165) is 13.0 Å². The number of likely N-dealkylation sites (N-methyl/N-ethyl adjacent to an activating group) is 1. The van der Waals surface area contributed by atoms with Crippen LogP contribution in [0.3, 0.4) is 0 Å².